The first-order valence-corrected chi connectivity index (χ1v) is 9.38. The molecule has 4 nitrogen and oxygen atoms in total. The van der Waals surface area contributed by atoms with Crippen LogP contribution in [-0.2, 0) is 6.42 Å². The maximum atomic E-state index is 12.9. The Morgan fingerprint density at radius 3 is 2.54 bits per heavy atom. The molecule has 0 fully saturated rings. The van der Waals surface area contributed by atoms with Crippen LogP contribution in [0.25, 0.3) is 0 Å². The molecule has 5 heteroatoms. The van der Waals surface area contributed by atoms with Gasteiger partial charge in [0.2, 0.25) is 0 Å². The van der Waals surface area contributed by atoms with E-state index in [1.54, 1.807) is 35.2 Å². The first-order valence-electron chi connectivity index (χ1n) is 9.01. The smallest absolute Gasteiger partial charge is 0.258 e. The summed E-state index contributed by atoms with van der Waals surface area (Å²) in [4.78, 5) is 27.0. The molecule has 2 amide bonds. The van der Waals surface area contributed by atoms with Crippen LogP contribution in [-0.4, -0.2) is 24.4 Å². The van der Waals surface area contributed by atoms with Gasteiger partial charge in [0.25, 0.3) is 11.8 Å². The Hall–Kier alpha value is -2.33. The molecule has 2 aromatic rings. The van der Waals surface area contributed by atoms with Gasteiger partial charge in [-0.3, -0.25) is 9.59 Å². The first-order chi connectivity index (χ1) is 12.5. The summed E-state index contributed by atoms with van der Waals surface area (Å²) in [6.45, 7) is 4.70. The molecule has 1 aliphatic rings. The Morgan fingerprint density at radius 2 is 1.85 bits per heavy atom. The van der Waals surface area contributed by atoms with Crippen LogP contribution >= 0.6 is 11.6 Å². The topological polar surface area (TPSA) is 49.4 Å². The monoisotopic (exact) mass is 370 g/mol. The SMILES string of the molecule is CCC(C)NC(=O)c1ccc2c(c1)CCCN2C(=O)c1ccc(Cl)cc1. The van der Waals surface area contributed by atoms with Crippen LogP contribution in [0.4, 0.5) is 5.69 Å². The molecule has 0 aliphatic carbocycles. The molecule has 0 radical (unpaired) electrons. The van der Waals surface area contributed by atoms with E-state index in [1.165, 1.54) is 0 Å². The van der Waals surface area contributed by atoms with E-state index in [0.29, 0.717) is 22.7 Å². The van der Waals surface area contributed by atoms with Crippen LogP contribution < -0.4 is 10.2 Å². The molecule has 26 heavy (non-hydrogen) atoms. The van der Waals surface area contributed by atoms with Crippen LogP contribution in [0.2, 0.25) is 5.02 Å². The van der Waals surface area contributed by atoms with Gasteiger partial charge in [-0.1, -0.05) is 18.5 Å². The Kier molecular flexibility index (Phi) is 5.62. The van der Waals surface area contributed by atoms with Gasteiger partial charge in [-0.2, -0.15) is 0 Å². The van der Waals surface area contributed by atoms with E-state index >= 15 is 0 Å². The second-order valence-electron chi connectivity index (χ2n) is 6.69. The minimum atomic E-state index is -0.0664. The molecule has 1 heterocycles. The molecule has 0 aromatic heterocycles. The van der Waals surface area contributed by atoms with E-state index < -0.39 is 0 Å². The summed E-state index contributed by atoms with van der Waals surface area (Å²) >= 11 is 5.91. The van der Waals surface area contributed by atoms with E-state index in [4.69, 9.17) is 11.6 Å². The second-order valence-corrected chi connectivity index (χ2v) is 7.13. The summed E-state index contributed by atoms with van der Waals surface area (Å²) in [7, 11) is 0. The van der Waals surface area contributed by atoms with Crippen LogP contribution in [0, 0.1) is 0 Å². The van der Waals surface area contributed by atoms with E-state index in [2.05, 4.69) is 5.32 Å². The summed E-state index contributed by atoms with van der Waals surface area (Å²) in [6.07, 6.45) is 2.63. The van der Waals surface area contributed by atoms with Crippen molar-refractivity contribution < 1.29 is 9.59 Å². The number of amides is 2. The maximum absolute atomic E-state index is 12.9. The lowest BCUT2D eigenvalue weighted by atomic mass is 9.98. The highest BCUT2D eigenvalue weighted by Crippen LogP contribution is 2.29. The number of aryl methyl sites for hydroxylation is 1. The third-order valence-corrected chi connectivity index (χ3v) is 5.04. The zero-order valence-corrected chi connectivity index (χ0v) is 15.8. The van der Waals surface area contributed by atoms with E-state index in [0.717, 1.165) is 30.5 Å². The molecule has 136 valence electrons. The number of anilines is 1. The number of rotatable bonds is 4. The third kappa shape index (κ3) is 3.91. The number of hydrogen-bond donors (Lipinski definition) is 1. The normalized spacial score (nSPS) is 14.5. The van der Waals surface area contributed by atoms with Crippen molar-refractivity contribution in [3.63, 3.8) is 0 Å². The van der Waals surface area contributed by atoms with Crippen molar-refractivity contribution in [1.82, 2.24) is 5.32 Å². The molecule has 1 unspecified atom stereocenters. The molecule has 1 aliphatic heterocycles. The lowest BCUT2D eigenvalue weighted by Gasteiger charge is -2.30. The largest absolute Gasteiger partial charge is 0.350 e. The van der Waals surface area contributed by atoms with Gasteiger partial charge in [-0.05, 0) is 74.2 Å². The van der Waals surface area contributed by atoms with Crippen molar-refractivity contribution in [3.8, 4) is 0 Å². The van der Waals surface area contributed by atoms with Gasteiger partial charge in [0.15, 0.2) is 0 Å². The second kappa shape index (κ2) is 7.92. The van der Waals surface area contributed by atoms with Crippen molar-refractivity contribution in [2.24, 2.45) is 0 Å². The summed E-state index contributed by atoms with van der Waals surface area (Å²) in [5.74, 6) is -0.109. The number of carbonyl (C=O) groups excluding carboxylic acids is 2. The predicted octanol–water partition coefficient (Wildman–Crippen LogP) is 4.46. The lowest BCUT2D eigenvalue weighted by molar-refractivity contribution is 0.0938. The zero-order chi connectivity index (χ0) is 18.7. The van der Waals surface area contributed by atoms with Gasteiger partial charge in [-0.15, -0.1) is 0 Å². The molecular weight excluding hydrogens is 348 g/mol. The average molecular weight is 371 g/mol. The van der Waals surface area contributed by atoms with Crippen LogP contribution in [0.5, 0.6) is 0 Å². The molecule has 0 spiro atoms. The fourth-order valence-electron chi connectivity index (χ4n) is 3.11. The van der Waals surface area contributed by atoms with Crippen molar-refractivity contribution in [2.75, 3.05) is 11.4 Å². The molecule has 1 N–H and O–H groups in total. The molecule has 1 atom stereocenters. The maximum Gasteiger partial charge on any atom is 0.258 e. The van der Waals surface area contributed by atoms with Crippen molar-refractivity contribution in [2.45, 2.75) is 39.2 Å². The number of fused-ring (bicyclic) bond motifs is 1. The molecular formula is C21H23ClN2O2. The molecule has 2 aromatic carbocycles. The molecule has 0 saturated heterocycles. The van der Waals surface area contributed by atoms with E-state index in [9.17, 15) is 9.59 Å². The average Bonchev–Trinajstić information content (AvgIpc) is 2.66. The standard InChI is InChI=1S/C21H23ClN2O2/c1-3-14(2)23-20(25)17-8-11-19-16(13-17)5-4-12-24(19)21(26)15-6-9-18(22)10-7-15/h6-11,13-14H,3-5,12H2,1-2H3,(H,23,25). The number of halogens is 1. The van der Waals surface area contributed by atoms with Gasteiger partial charge in [-0.25, -0.2) is 0 Å². The number of benzene rings is 2. The summed E-state index contributed by atoms with van der Waals surface area (Å²) < 4.78 is 0. The van der Waals surface area contributed by atoms with Crippen molar-refractivity contribution >= 4 is 29.1 Å². The van der Waals surface area contributed by atoms with E-state index in [1.807, 2.05) is 26.0 Å². The van der Waals surface area contributed by atoms with Crippen molar-refractivity contribution in [1.29, 1.82) is 0 Å². The van der Waals surface area contributed by atoms with Gasteiger partial charge in [0.1, 0.15) is 0 Å². The highest BCUT2D eigenvalue weighted by atomic mass is 35.5. The quantitative estimate of drug-likeness (QED) is 0.863. The van der Waals surface area contributed by atoms with Gasteiger partial charge in [0.05, 0.1) is 0 Å². The predicted molar refractivity (Wildman–Crippen MR) is 105 cm³/mol. The highest BCUT2D eigenvalue weighted by Gasteiger charge is 2.24. The van der Waals surface area contributed by atoms with Crippen LogP contribution in [0.15, 0.2) is 42.5 Å². The molecule has 3 rings (SSSR count). The van der Waals surface area contributed by atoms with Gasteiger partial charge >= 0.3 is 0 Å². The number of nitrogens with zero attached hydrogens (tertiary/aromatic N) is 1. The molecule has 0 saturated carbocycles. The molecule has 0 bridgehead atoms. The van der Waals surface area contributed by atoms with E-state index in [-0.39, 0.29) is 17.9 Å². The zero-order valence-electron chi connectivity index (χ0n) is 15.1. The Labute approximate surface area is 159 Å². The Morgan fingerprint density at radius 1 is 1.15 bits per heavy atom. The fourth-order valence-corrected chi connectivity index (χ4v) is 3.23. The fraction of sp³-hybridized carbons (Fsp3) is 0.333. The van der Waals surface area contributed by atoms with Gasteiger partial charge < -0.3 is 10.2 Å². The van der Waals surface area contributed by atoms with Crippen molar-refractivity contribution in [3.05, 3.63) is 64.2 Å². The van der Waals surface area contributed by atoms with Crippen LogP contribution in [0.3, 0.4) is 0 Å². The summed E-state index contributed by atoms with van der Waals surface area (Å²) in [5.41, 5.74) is 3.18. The minimum Gasteiger partial charge on any atom is -0.350 e. The number of nitrogens with one attached hydrogen (secondary N) is 1. The summed E-state index contributed by atoms with van der Waals surface area (Å²) in [6, 6.07) is 12.7. The number of carbonyl (C=O) groups is 2. The first kappa shape index (κ1) is 18.5. The Balaban J connectivity index is 1.85. The highest BCUT2D eigenvalue weighted by molar-refractivity contribution is 6.30. The minimum absolute atomic E-state index is 0.0422. The third-order valence-electron chi connectivity index (χ3n) is 4.79. The lowest BCUT2D eigenvalue weighted by Crippen LogP contribution is -2.36. The number of hydrogen-bond acceptors (Lipinski definition) is 2. The Bertz CT molecular complexity index is 817. The summed E-state index contributed by atoms with van der Waals surface area (Å²) in [5, 5.41) is 3.59. The van der Waals surface area contributed by atoms with Gasteiger partial charge in [0, 0.05) is 34.4 Å². The van der Waals surface area contributed by atoms with Crippen LogP contribution in [0.1, 0.15) is 53.0 Å².